The summed E-state index contributed by atoms with van der Waals surface area (Å²) in [5.41, 5.74) is 1.06. The first-order valence-corrected chi connectivity index (χ1v) is 8.37. The Hall–Kier alpha value is -2.56. The van der Waals surface area contributed by atoms with Crippen LogP contribution in [0.4, 0.5) is 0 Å². The second-order valence-corrected chi connectivity index (χ2v) is 6.03. The van der Waals surface area contributed by atoms with Gasteiger partial charge in [-0.05, 0) is 30.5 Å². The van der Waals surface area contributed by atoms with Gasteiger partial charge in [0.15, 0.2) is 0 Å². The molecule has 2 aromatic rings. The van der Waals surface area contributed by atoms with Crippen molar-refractivity contribution in [1.82, 2.24) is 10.2 Å². The van der Waals surface area contributed by atoms with Crippen LogP contribution in [0.3, 0.4) is 0 Å². The molecule has 1 aromatic heterocycles. The van der Waals surface area contributed by atoms with Crippen molar-refractivity contribution in [1.29, 1.82) is 0 Å². The quantitative estimate of drug-likeness (QED) is 0.887. The van der Waals surface area contributed by atoms with Gasteiger partial charge in [-0.25, -0.2) is 0 Å². The molecule has 126 valence electrons. The molecule has 0 spiro atoms. The molecule has 0 aliphatic carbocycles. The average molecular weight is 326 g/mol. The lowest BCUT2D eigenvalue weighted by atomic mass is 10.1. The molecule has 2 amide bonds. The van der Waals surface area contributed by atoms with Gasteiger partial charge in [0, 0.05) is 25.9 Å². The number of hydrogen-bond donors (Lipinski definition) is 1. The van der Waals surface area contributed by atoms with Crippen molar-refractivity contribution in [2.45, 2.75) is 38.3 Å². The molecule has 2 heterocycles. The van der Waals surface area contributed by atoms with Gasteiger partial charge in [-0.1, -0.05) is 30.3 Å². The fourth-order valence-electron chi connectivity index (χ4n) is 3.07. The summed E-state index contributed by atoms with van der Waals surface area (Å²) in [5.74, 6) is 0.749. The summed E-state index contributed by atoms with van der Waals surface area (Å²) in [6.07, 6.45) is 4.15. The number of benzene rings is 1. The van der Waals surface area contributed by atoms with Gasteiger partial charge < -0.3 is 14.6 Å². The SMILES string of the molecule is O=C(NCc1ccccc1)[C@H]1CCCN1C(=O)CCc1ccco1. The highest BCUT2D eigenvalue weighted by atomic mass is 16.3. The largest absolute Gasteiger partial charge is 0.469 e. The van der Waals surface area contributed by atoms with E-state index in [1.165, 1.54) is 0 Å². The average Bonchev–Trinajstić information content (AvgIpc) is 3.30. The van der Waals surface area contributed by atoms with E-state index in [1.807, 2.05) is 42.5 Å². The Kier molecular flexibility index (Phi) is 5.31. The minimum Gasteiger partial charge on any atom is -0.469 e. The lowest BCUT2D eigenvalue weighted by Gasteiger charge is -2.24. The van der Waals surface area contributed by atoms with E-state index in [1.54, 1.807) is 11.2 Å². The summed E-state index contributed by atoms with van der Waals surface area (Å²) in [6.45, 7) is 1.14. The monoisotopic (exact) mass is 326 g/mol. The lowest BCUT2D eigenvalue weighted by Crippen LogP contribution is -2.45. The lowest BCUT2D eigenvalue weighted by molar-refractivity contribution is -0.138. The van der Waals surface area contributed by atoms with Gasteiger partial charge in [0.2, 0.25) is 11.8 Å². The molecule has 1 aromatic carbocycles. The fourth-order valence-corrected chi connectivity index (χ4v) is 3.07. The molecule has 5 nitrogen and oxygen atoms in total. The van der Waals surface area contributed by atoms with E-state index in [-0.39, 0.29) is 17.9 Å². The van der Waals surface area contributed by atoms with E-state index >= 15 is 0 Å². The van der Waals surface area contributed by atoms with Crippen molar-refractivity contribution in [2.24, 2.45) is 0 Å². The maximum Gasteiger partial charge on any atom is 0.243 e. The molecule has 3 rings (SSSR count). The smallest absolute Gasteiger partial charge is 0.243 e. The van der Waals surface area contributed by atoms with Crippen LogP contribution in [0.5, 0.6) is 0 Å². The number of aryl methyl sites for hydroxylation is 1. The number of rotatable bonds is 6. The number of likely N-dealkylation sites (tertiary alicyclic amines) is 1. The number of nitrogens with zero attached hydrogens (tertiary/aromatic N) is 1. The number of carbonyl (C=O) groups is 2. The molecule has 1 fully saturated rings. The van der Waals surface area contributed by atoms with Crippen LogP contribution in [-0.4, -0.2) is 29.3 Å². The Morgan fingerprint density at radius 2 is 2.00 bits per heavy atom. The van der Waals surface area contributed by atoms with E-state index in [2.05, 4.69) is 5.32 Å². The van der Waals surface area contributed by atoms with Gasteiger partial charge in [0.25, 0.3) is 0 Å². The number of amides is 2. The van der Waals surface area contributed by atoms with Crippen LogP contribution in [0.25, 0.3) is 0 Å². The first-order chi connectivity index (χ1) is 11.7. The zero-order valence-corrected chi connectivity index (χ0v) is 13.6. The van der Waals surface area contributed by atoms with Gasteiger partial charge in [0.05, 0.1) is 6.26 Å². The Labute approximate surface area is 141 Å². The minimum absolute atomic E-state index is 0.0174. The highest BCUT2D eigenvalue weighted by Gasteiger charge is 2.33. The summed E-state index contributed by atoms with van der Waals surface area (Å²) >= 11 is 0. The number of hydrogen-bond acceptors (Lipinski definition) is 3. The second-order valence-electron chi connectivity index (χ2n) is 6.03. The molecule has 0 unspecified atom stereocenters. The normalized spacial score (nSPS) is 17.0. The minimum atomic E-state index is -0.349. The van der Waals surface area contributed by atoms with Crippen molar-refractivity contribution in [3.63, 3.8) is 0 Å². The van der Waals surface area contributed by atoms with E-state index in [4.69, 9.17) is 4.42 Å². The molecule has 1 N–H and O–H groups in total. The number of carbonyl (C=O) groups excluding carboxylic acids is 2. The summed E-state index contributed by atoms with van der Waals surface area (Å²) in [5, 5.41) is 2.94. The molecular formula is C19H22N2O3. The Bertz CT molecular complexity index is 667. The molecule has 0 saturated carbocycles. The summed E-state index contributed by atoms with van der Waals surface area (Å²) < 4.78 is 5.26. The van der Waals surface area contributed by atoms with Gasteiger partial charge in [0.1, 0.15) is 11.8 Å². The molecule has 24 heavy (non-hydrogen) atoms. The van der Waals surface area contributed by atoms with Crippen molar-refractivity contribution >= 4 is 11.8 Å². The standard InChI is InChI=1S/C19H22N2O3/c22-18(11-10-16-8-5-13-24-16)21-12-4-9-17(21)19(23)20-14-15-6-2-1-3-7-15/h1-3,5-8,13,17H,4,9-12,14H2,(H,20,23)/t17-/m1/s1. The third kappa shape index (κ3) is 4.04. The van der Waals surface area contributed by atoms with Crippen LogP contribution in [0, 0.1) is 0 Å². The number of furan rings is 1. The van der Waals surface area contributed by atoms with E-state index in [9.17, 15) is 9.59 Å². The molecular weight excluding hydrogens is 304 g/mol. The predicted molar refractivity (Wildman–Crippen MR) is 90.1 cm³/mol. The van der Waals surface area contributed by atoms with Gasteiger partial charge in [-0.15, -0.1) is 0 Å². The highest BCUT2D eigenvalue weighted by Crippen LogP contribution is 2.19. The molecule has 1 aliphatic heterocycles. The van der Waals surface area contributed by atoms with E-state index in [0.29, 0.717) is 25.9 Å². The molecule has 1 atom stereocenters. The van der Waals surface area contributed by atoms with Gasteiger partial charge in [-0.3, -0.25) is 9.59 Å². The number of nitrogens with one attached hydrogen (secondary N) is 1. The maximum absolute atomic E-state index is 12.4. The fraction of sp³-hybridized carbons (Fsp3) is 0.368. The topological polar surface area (TPSA) is 62.6 Å². The highest BCUT2D eigenvalue weighted by molar-refractivity contribution is 5.88. The van der Waals surface area contributed by atoms with Crippen LogP contribution in [0.15, 0.2) is 53.1 Å². The molecule has 5 heteroatoms. The molecule has 0 bridgehead atoms. The van der Waals surface area contributed by atoms with E-state index < -0.39 is 0 Å². The van der Waals surface area contributed by atoms with Crippen molar-refractivity contribution in [3.8, 4) is 0 Å². The molecule has 1 saturated heterocycles. The zero-order chi connectivity index (χ0) is 16.8. The van der Waals surface area contributed by atoms with Crippen molar-refractivity contribution in [2.75, 3.05) is 6.54 Å². The zero-order valence-electron chi connectivity index (χ0n) is 13.6. The first kappa shape index (κ1) is 16.3. The maximum atomic E-state index is 12.4. The van der Waals surface area contributed by atoms with E-state index in [0.717, 1.165) is 24.2 Å². The van der Waals surface area contributed by atoms with Crippen molar-refractivity contribution < 1.29 is 14.0 Å². The van der Waals surface area contributed by atoms with Crippen LogP contribution >= 0.6 is 0 Å². The van der Waals surface area contributed by atoms with Crippen LogP contribution in [-0.2, 0) is 22.6 Å². The first-order valence-electron chi connectivity index (χ1n) is 8.37. The van der Waals surface area contributed by atoms with Gasteiger partial charge in [-0.2, -0.15) is 0 Å². The Balaban J connectivity index is 1.52. The molecule has 1 aliphatic rings. The van der Waals surface area contributed by atoms with Crippen LogP contribution in [0.2, 0.25) is 0 Å². The summed E-state index contributed by atoms with van der Waals surface area (Å²) in [7, 11) is 0. The Morgan fingerprint density at radius 1 is 1.17 bits per heavy atom. The third-order valence-electron chi connectivity index (χ3n) is 4.35. The van der Waals surface area contributed by atoms with Crippen molar-refractivity contribution in [3.05, 3.63) is 60.1 Å². The third-order valence-corrected chi connectivity index (χ3v) is 4.35. The second kappa shape index (κ2) is 7.81. The summed E-state index contributed by atoms with van der Waals surface area (Å²) in [4.78, 5) is 26.6. The predicted octanol–water partition coefficient (Wildman–Crippen LogP) is 2.52. The molecule has 0 radical (unpaired) electrons. The van der Waals surface area contributed by atoms with Gasteiger partial charge >= 0.3 is 0 Å². The van der Waals surface area contributed by atoms with Crippen LogP contribution < -0.4 is 5.32 Å². The summed E-state index contributed by atoms with van der Waals surface area (Å²) in [6, 6.07) is 13.1. The van der Waals surface area contributed by atoms with Crippen LogP contribution in [0.1, 0.15) is 30.6 Å². The Morgan fingerprint density at radius 3 is 2.75 bits per heavy atom.